The fourth-order valence-electron chi connectivity index (χ4n) is 1.55. The van der Waals surface area contributed by atoms with Gasteiger partial charge in [-0.1, -0.05) is 12.1 Å². The normalized spacial score (nSPS) is 13.8. The molecule has 1 rings (SSSR count). The predicted molar refractivity (Wildman–Crippen MR) is 73.2 cm³/mol. The number of hydrogen-bond acceptors (Lipinski definition) is 3. The van der Waals surface area contributed by atoms with Crippen LogP contribution >= 0.6 is 0 Å². The summed E-state index contributed by atoms with van der Waals surface area (Å²) in [5.74, 6) is 0. The van der Waals surface area contributed by atoms with Crippen LogP contribution in [0.2, 0.25) is 0 Å². The van der Waals surface area contributed by atoms with Crippen molar-refractivity contribution in [2.24, 2.45) is 0 Å². The maximum absolute atomic E-state index is 9.89. The molecule has 0 saturated carbocycles. The quantitative estimate of drug-likeness (QED) is 0.823. The van der Waals surface area contributed by atoms with Gasteiger partial charge in [0.15, 0.2) is 0 Å². The molecule has 3 heteroatoms. The summed E-state index contributed by atoms with van der Waals surface area (Å²) < 4.78 is 0. The minimum Gasteiger partial charge on any atom is -0.388 e. The van der Waals surface area contributed by atoms with Crippen molar-refractivity contribution < 1.29 is 5.11 Å². The molecule has 0 spiro atoms. The maximum atomic E-state index is 9.89. The fourth-order valence-corrected chi connectivity index (χ4v) is 1.55. The molecule has 1 aromatic carbocycles. The Balaban J connectivity index is 2.72. The van der Waals surface area contributed by atoms with Crippen LogP contribution in [0.5, 0.6) is 0 Å². The molecular weight excluding hydrogens is 212 g/mol. The number of hydrogen-bond donors (Lipinski definition) is 2. The molecule has 0 amide bonds. The molecule has 0 bridgehead atoms. The van der Waals surface area contributed by atoms with Crippen molar-refractivity contribution in [2.75, 3.05) is 19.4 Å². The Labute approximate surface area is 104 Å². The van der Waals surface area contributed by atoms with E-state index in [2.05, 4.69) is 36.4 Å². The molecule has 0 radical (unpaired) electrons. The van der Waals surface area contributed by atoms with Crippen LogP contribution < -0.4 is 5.32 Å². The van der Waals surface area contributed by atoms with Crippen LogP contribution in [0, 0.1) is 0 Å². The lowest BCUT2D eigenvalue weighted by molar-refractivity contribution is 0.0649. The molecule has 96 valence electrons. The van der Waals surface area contributed by atoms with Crippen molar-refractivity contribution in [3.8, 4) is 0 Å². The smallest absolute Gasteiger partial charge is 0.0789 e. The van der Waals surface area contributed by atoms with Gasteiger partial charge in [0.1, 0.15) is 0 Å². The van der Waals surface area contributed by atoms with Crippen LogP contribution in [-0.4, -0.2) is 35.7 Å². The molecule has 0 aliphatic rings. The van der Waals surface area contributed by atoms with E-state index in [1.807, 2.05) is 32.9 Å². The van der Waals surface area contributed by atoms with Crippen LogP contribution in [-0.2, 0) is 6.54 Å². The van der Waals surface area contributed by atoms with Gasteiger partial charge in [-0.25, -0.2) is 0 Å². The Bertz CT molecular complexity index is 355. The van der Waals surface area contributed by atoms with Crippen LogP contribution in [0.4, 0.5) is 5.69 Å². The summed E-state index contributed by atoms with van der Waals surface area (Å²) in [6.45, 7) is 6.54. The fraction of sp³-hybridized carbons (Fsp3) is 0.571. The zero-order chi connectivity index (χ0) is 13.1. The monoisotopic (exact) mass is 236 g/mol. The lowest BCUT2D eigenvalue weighted by atomic mass is 10.0. The van der Waals surface area contributed by atoms with Gasteiger partial charge in [0.2, 0.25) is 0 Å². The Hall–Kier alpha value is -1.06. The third-order valence-electron chi connectivity index (χ3n) is 2.87. The summed E-state index contributed by atoms with van der Waals surface area (Å²) in [6.07, 6.45) is 0. The zero-order valence-electron chi connectivity index (χ0n) is 11.5. The summed E-state index contributed by atoms with van der Waals surface area (Å²) in [6, 6.07) is 8.32. The van der Waals surface area contributed by atoms with E-state index in [4.69, 9.17) is 0 Å². The van der Waals surface area contributed by atoms with Crippen LogP contribution in [0.25, 0.3) is 0 Å². The van der Waals surface area contributed by atoms with Crippen LogP contribution in [0.3, 0.4) is 0 Å². The van der Waals surface area contributed by atoms with Gasteiger partial charge in [-0.05, 0) is 52.6 Å². The first-order chi connectivity index (χ1) is 7.79. The predicted octanol–water partition coefficient (Wildman–Crippen LogP) is 2.32. The highest BCUT2D eigenvalue weighted by Gasteiger charge is 2.21. The molecular formula is C14H24N2O. The van der Waals surface area contributed by atoms with E-state index < -0.39 is 5.60 Å². The van der Waals surface area contributed by atoms with E-state index >= 15 is 0 Å². The Morgan fingerprint density at radius 2 is 2.00 bits per heavy atom. The summed E-state index contributed by atoms with van der Waals surface area (Å²) in [7, 11) is 4.11. The van der Waals surface area contributed by atoms with Crippen molar-refractivity contribution in [3.05, 3.63) is 29.8 Å². The molecule has 0 aliphatic heterocycles. The number of benzene rings is 1. The molecule has 1 aromatic rings. The molecule has 1 unspecified atom stereocenters. The zero-order valence-corrected chi connectivity index (χ0v) is 11.5. The SMILES string of the molecule is CC(Nc1cccc(CN(C)C)c1)C(C)(C)O. The molecule has 0 saturated heterocycles. The van der Waals surface area contributed by atoms with Gasteiger partial charge in [0, 0.05) is 12.2 Å². The molecule has 0 aliphatic carbocycles. The molecule has 0 aromatic heterocycles. The lowest BCUT2D eigenvalue weighted by Gasteiger charge is -2.27. The standard InChI is InChI=1S/C14H24N2O/c1-11(14(2,3)17)15-13-8-6-7-12(9-13)10-16(4)5/h6-9,11,15,17H,10H2,1-5H3. The Morgan fingerprint density at radius 1 is 1.35 bits per heavy atom. The highest BCUT2D eigenvalue weighted by molar-refractivity contribution is 5.46. The van der Waals surface area contributed by atoms with E-state index in [0.29, 0.717) is 0 Å². The molecule has 3 nitrogen and oxygen atoms in total. The second-order valence-corrected chi connectivity index (χ2v) is 5.46. The number of nitrogens with zero attached hydrogens (tertiary/aromatic N) is 1. The lowest BCUT2D eigenvalue weighted by Crippen LogP contribution is -2.39. The second-order valence-electron chi connectivity index (χ2n) is 5.46. The molecule has 0 fully saturated rings. The van der Waals surface area contributed by atoms with Gasteiger partial charge >= 0.3 is 0 Å². The highest BCUT2D eigenvalue weighted by Crippen LogP contribution is 2.17. The van der Waals surface area contributed by atoms with Gasteiger partial charge in [-0.15, -0.1) is 0 Å². The Kier molecular flexibility index (Phi) is 4.54. The van der Waals surface area contributed by atoms with Crippen molar-refractivity contribution in [1.82, 2.24) is 4.90 Å². The summed E-state index contributed by atoms with van der Waals surface area (Å²) in [5, 5.41) is 13.2. The first-order valence-corrected chi connectivity index (χ1v) is 6.01. The number of aliphatic hydroxyl groups is 1. The van der Waals surface area contributed by atoms with Gasteiger partial charge in [-0.2, -0.15) is 0 Å². The van der Waals surface area contributed by atoms with Gasteiger partial charge < -0.3 is 15.3 Å². The van der Waals surface area contributed by atoms with Crippen molar-refractivity contribution in [2.45, 2.75) is 39.0 Å². The maximum Gasteiger partial charge on any atom is 0.0789 e. The van der Waals surface area contributed by atoms with E-state index in [0.717, 1.165) is 12.2 Å². The first-order valence-electron chi connectivity index (χ1n) is 6.01. The summed E-state index contributed by atoms with van der Waals surface area (Å²) >= 11 is 0. The minimum absolute atomic E-state index is 0.0112. The highest BCUT2D eigenvalue weighted by atomic mass is 16.3. The van der Waals surface area contributed by atoms with Crippen LogP contribution in [0.1, 0.15) is 26.3 Å². The van der Waals surface area contributed by atoms with E-state index in [1.54, 1.807) is 0 Å². The average Bonchev–Trinajstić information content (AvgIpc) is 2.15. The number of rotatable bonds is 5. The third kappa shape index (κ3) is 4.75. The van der Waals surface area contributed by atoms with Crippen molar-refractivity contribution >= 4 is 5.69 Å². The molecule has 17 heavy (non-hydrogen) atoms. The third-order valence-corrected chi connectivity index (χ3v) is 2.87. The van der Waals surface area contributed by atoms with Gasteiger partial charge in [0.25, 0.3) is 0 Å². The molecule has 2 N–H and O–H groups in total. The van der Waals surface area contributed by atoms with E-state index in [9.17, 15) is 5.11 Å². The van der Waals surface area contributed by atoms with Gasteiger partial charge in [-0.3, -0.25) is 0 Å². The topological polar surface area (TPSA) is 35.5 Å². The average molecular weight is 236 g/mol. The Morgan fingerprint density at radius 3 is 2.53 bits per heavy atom. The number of anilines is 1. The molecule has 0 heterocycles. The van der Waals surface area contributed by atoms with Gasteiger partial charge in [0.05, 0.1) is 11.6 Å². The minimum atomic E-state index is -0.725. The first kappa shape index (κ1) is 14.0. The van der Waals surface area contributed by atoms with Crippen LogP contribution in [0.15, 0.2) is 24.3 Å². The molecule has 1 atom stereocenters. The summed E-state index contributed by atoms with van der Waals surface area (Å²) in [5.41, 5.74) is 1.60. The number of nitrogens with one attached hydrogen (secondary N) is 1. The second kappa shape index (κ2) is 5.52. The van der Waals surface area contributed by atoms with Crippen molar-refractivity contribution in [1.29, 1.82) is 0 Å². The van der Waals surface area contributed by atoms with E-state index in [1.165, 1.54) is 5.56 Å². The van der Waals surface area contributed by atoms with E-state index in [-0.39, 0.29) is 6.04 Å². The summed E-state index contributed by atoms with van der Waals surface area (Å²) in [4.78, 5) is 2.14. The largest absolute Gasteiger partial charge is 0.388 e. The van der Waals surface area contributed by atoms with Crippen molar-refractivity contribution in [3.63, 3.8) is 0 Å².